The van der Waals surface area contributed by atoms with Crippen molar-refractivity contribution >= 4 is 27.7 Å². The Bertz CT molecular complexity index is 1170. The zero-order valence-corrected chi connectivity index (χ0v) is 23.3. The molecule has 3 heterocycles. The van der Waals surface area contributed by atoms with Gasteiger partial charge in [-0.15, -0.1) is 0 Å². The Hall–Kier alpha value is -2.96. The van der Waals surface area contributed by atoms with Crippen LogP contribution in [-0.4, -0.2) is 107 Å². The molecule has 13 nitrogen and oxygen atoms in total. The predicted octanol–water partition coefficient (Wildman–Crippen LogP) is 0.387. The molecule has 3 N–H and O–H groups in total. The molecule has 14 heteroatoms. The van der Waals surface area contributed by atoms with Crippen molar-refractivity contribution in [3.8, 4) is 6.07 Å². The van der Waals surface area contributed by atoms with Gasteiger partial charge in [-0.25, -0.2) is 28.0 Å². The topological polar surface area (TPSA) is 156 Å². The van der Waals surface area contributed by atoms with Gasteiger partial charge in [0.15, 0.2) is 0 Å². The van der Waals surface area contributed by atoms with E-state index in [0.717, 1.165) is 10.7 Å². The van der Waals surface area contributed by atoms with Crippen LogP contribution in [0, 0.1) is 23.2 Å². The number of carbonyl (C=O) groups excluding carboxylic acids is 2. The Morgan fingerprint density at radius 2 is 1.95 bits per heavy atom. The lowest BCUT2D eigenvalue weighted by molar-refractivity contribution is -0.128. The van der Waals surface area contributed by atoms with Gasteiger partial charge < -0.3 is 25.0 Å². The standard InChI is InChI=1S/C25H37N7O6S/c1-30(2)39(35,36)19-6-4-18(5-7-19)28-23-22-21(9-12-27-24(22)33)32(29-23)20-10-13-31(16-17(20)8-11-26)25(34)38-15-14-37-3/h4-7,17,20-23,28-29H,8-10,12-16H2,1-3H3,(H,27,33). The van der Waals surface area contributed by atoms with Gasteiger partial charge in [0.1, 0.15) is 12.8 Å². The molecular weight excluding hydrogens is 526 g/mol. The first kappa shape index (κ1) is 29.0. The number of anilines is 1. The third-order valence-corrected chi connectivity index (χ3v) is 9.42. The summed E-state index contributed by atoms with van der Waals surface area (Å²) in [5, 5.41) is 18.0. The number of likely N-dealkylation sites (tertiary alicyclic amines) is 1. The minimum Gasteiger partial charge on any atom is -0.447 e. The minimum absolute atomic E-state index is 0.0644. The van der Waals surface area contributed by atoms with E-state index in [4.69, 9.17) is 9.47 Å². The van der Waals surface area contributed by atoms with Crippen LogP contribution in [0.1, 0.15) is 19.3 Å². The molecule has 3 saturated heterocycles. The summed E-state index contributed by atoms with van der Waals surface area (Å²) < 4.78 is 36.2. The van der Waals surface area contributed by atoms with Gasteiger partial charge in [-0.05, 0) is 37.1 Å². The van der Waals surface area contributed by atoms with Crippen LogP contribution in [0.15, 0.2) is 29.2 Å². The van der Waals surface area contributed by atoms with Crippen molar-refractivity contribution in [1.82, 2.24) is 25.0 Å². The molecule has 3 aliphatic heterocycles. The summed E-state index contributed by atoms with van der Waals surface area (Å²) in [6.07, 6.45) is 0.755. The highest BCUT2D eigenvalue weighted by Crippen LogP contribution is 2.35. The van der Waals surface area contributed by atoms with E-state index in [1.165, 1.54) is 33.3 Å². The fraction of sp³-hybridized carbons (Fsp3) is 0.640. The molecule has 214 valence electrons. The molecule has 39 heavy (non-hydrogen) atoms. The Labute approximate surface area is 229 Å². The Morgan fingerprint density at radius 3 is 2.62 bits per heavy atom. The second-order valence-corrected chi connectivity index (χ2v) is 12.3. The third-order valence-electron chi connectivity index (χ3n) is 7.59. The summed E-state index contributed by atoms with van der Waals surface area (Å²) in [5.41, 5.74) is 4.17. The van der Waals surface area contributed by atoms with E-state index < -0.39 is 28.2 Å². The van der Waals surface area contributed by atoms with Crippen LogP contribution in [0.3, 0.4) is 0 Å². The molecule has 0 aromatic heterocycles. The van der Waals surface area contributed by atoms with Gasteiger partial charge in [0.05, 0.1) is 23.5 Å². The number of rotatable bonds is 9. The fourth-order valence-electron chi connectivity index (χ4n) is 5.59. The highest BCUT2D eigenvalue weighted by molar-refractivity contribution is 7.89. The van der Waals surface area contributed by atoms with Crippen molar-refractivity contribution in [1.29, 1.82) is 5.26 Å². The number of benzene rings is 1. The van der Waals surface area contributed by atoms with E-state index in [0.29, 0.717) is 38.3 Å². The molecule has 0 saturated carbocycles. The van der Waals surface area contributed by atoms with Crippen LogP contribution < -0.4 is 16.1 Å². The summed E-state index contributed by atoms with van der Waals surface area (Å²) in [6.45, 7) is 1.89. The van der Waals surface area contributed by atoms with E-state index in [1.54, 1.807) is 17.0 Å². The number of amides is 2. The minimum atomic E-state index is -3.55. The number of nitrogens with one attached hydrogen (secondary N) is 3. The number of carbonyl (C=O) groups is 2. The van der Waals surface area contributed by atoms with Crippen molar-refractivity contribution in [2.24, 2.45) is 11.8 Å². The van der Waals surface area contributed by atoms with Crippen molar-refractivity contribution in [2.45, 2.75) is 42.4 Å². The number of piperidine rings is 2. The number of hydrogen-bond acceptors (Lipinski definition) is 10. The maximum absolute atomic E-state index is 13.0. The number of fused-ring (bicyclic) bond motifs is 1. The summed E-state index contributed by atoms with van der Waals surface area (Å²) in [7, 11) is 0.947. The zero-order chi connectivity index (χ0) is 28.2. The Balaban J connectivity index is 1.50. The Morgan fingerprint density at radius 1 is 1.21 bits per heavy atom. The van der Waals surface area contributed by atoms with Crippen LogP contribution in [0.5, 0.6) is 0 Å². The fourth-order valence-corrected chi connectivity index (χ4v) is 6.49. The molecule has 5 unspecified atom stereocenters. The predicted molar refractivity (Wildman–Crippen MR) is 142 cm³/mol. The number of sulfonamides is 1. The van der Waals surface area contributed by atoms with Crippen LogP contribution in [0.2, 0.25) is 0 Å². The van der Waals surface area contributed by atoms with Gasteiger partial charge in [-0.1, -0.05) is 0 Å². The number of ether oxygens (including phenoxy) is 2. The summed E-state index contributed by atoms with van der Waals surface area (Å²) in [4.78, 5) is 27.4. The van der Waals surface area contributed by atoms with E-state index in [-0.39, 0.29) is 41.8 Å². The SMILES string of the molecule is COCCOC(=O)N1CCC(N2NC(Nc3ccc(S(=O)(=O)N(C)C)cc3)C3C(=O)NCCC32)C(CC#N)C1. The van der Waals surface area contributed by atoms with E-state index in [1.807, 2.05) is 0 Å². The highest BCUT2D eigenvalue weighted by atomic mass is 32.2. The molecule has 0 spiro atoms. The lowest BCUT2D eigenvalue weighted by atomic mass is 9.86. The quantitative estimate of drug-likeness (QED) is 0.359. The normalized spacial score (nSPS) is 27.5. The lowest BCUT2D eigenvalue weighted by Crippen LogP contribution is -2.58. The van der Waals surface area contributed by atoms with Crippen LogP contribution in [-0.2, 0) is 24.3 Å². The molecule has 3 aliphatic rings. The molecule has 2 amide bonds. The molecule has 0 aliphatic carbocycles. The maximum atomic E-state index is 13.0. The monoisotopic (exact) mass is 563 g/mol. The summed E-state index contributed by atoms with van der Waals surface area (Å²) in [6, 6.07) is 8.53. The zero-order valence-electron chi connectivity index (χ0n) is 22.5. The van der Waals surface area contributed by atoms with Gasteiger partial charge in [-0.2, -0.15) is 5.26 Å². The molecule has 1 aromatic rings. The summed E-state index contributed by atoms with van der Waals surface area (Å²) >= 11 is 0. The Kier molecular flexibility index (Phi) is 9.29. The molecule has 5 atom stereocenters. The van der Waals surface area contributed by atoms with Gasteiger partial charge in [0.25, 0.3) is 0 Å². The number of hydrogen-bond donors (Lipinski definition) is 3. The van der Waals surface area contributed by atoms with Gasteiger partial charge in [-0.3, -0.25) is 4.79 Å². The second-order valence-electron chi connectivity index (χ2n) is 10.2. The maximum Gasteiger partial charge on any atom is 0.409 e. The van der Waals surface area contributed by atoms with Gasteiger partial charge in [0, 0.05) is 70.9 Å². The smallest absolute Gasteiger partial charge is 0.409 e. The van der Waals surface area contributed by atoms with E-state index >= 15 is 0 Å². The van der Waals surface area contributed by atoms with Crippen molar-refractivity contribution < 1.29 is 27.5 Å². The first-order valence-corrected chi connectivity index (χ1v) is 14.5. The largest absolute Gasteiger partial charge is 0.447 e. The third kappa shape index (κ3) is 6.28. The highest BCUT2D eigenvalue weighted by Gasteiger charge is 2.51. The molecule has 0 radical (unpaired) electrons. The average Bonchev–Trinajstić information content (AvgIpc) is 3.28. The van der Waals surface area contributed by atoms with Crippen LogP contribution in [0.25, 0.3) is 0 Å². The van der Waals surface area contributed by atoms with Crippen LogP contribution in [0.4, 0.5) is 10.5 Å². The van der Waals surface area contributed by atoms with E-state index in [9.17, 15) is 23.3 Å². The number of methoxy groups -OCH3 is 1. The number of hydrazine groups is 1. The molecule has 4 rings (SSSR count). The second kappa shape index (κ2) is 12.5. The first-order chi connectivity index (χ1) is 18.7. The van der Waals surface area contributed by atoms with Crippen molar-refractivity contribution in [3.05, 3.63) is 24.3 Å². The molecular formula is C25H37N7O6S. The first-order valence-electron chi connectivity index (χ1n) is 13.1. The van der Waals surface area contributed by atoms with Gasteiger partial charge in [0.2, 0.25) is 15.9 Å². The van der Waals surface area contributed by atoms with E-state index in [2.05, 4.69) is 27.1 Å². The number of nitriles is 1. The summed E-state index contributed by atoms with van der Waals surface area (Å²) in [5.74, 6) is -0.601. The molecule has 3 fully saturated rings. The lowest BCUT2D eigenvalue weighted by Gasteiger charge is -2.44. The number of nitrogens with zero attached hydrogens (tertiary/aromatic N) is 4. The van der Waals surface area contributed by atoms with Gasteiger partial charge >= 0.3 is 6.09 Å². The van der Waals surface area contributed by atoms with Crippen LogP contribution >= 0.6 is 0 Å². The molecule has 1 aromatic carbocycles. The van der Waals surface area contributed by atoms with Crippen molar-refractivity contribution in [2.75, 3.05) is 59.4 Å². The molecule has 0 bridgehead atoms. The average molecular weight is 564 g/mol. The van der Waals surface area contributed by atoms with Crippen molar-refractivity contribution in [3.63, 3.8) is 0 Å².